The first kappa shape index (κ1) is 16.0. The number of carbonyl (C=O) groups excluding carboxylic acids is 1. The minimum absolute atomic E-state index is 0.208. The highest BCUT2D eigenvalue weighted by Crippen LogP contribution is 2.27. The maximum atomic E-state index is 12.5. The maximum absolute atomic E-state index is 12.5. The van der Waals surface area contributed by atoms with Crippen LogP contribution in [0, 0.1) is 5.92 Å². The van der Waals surface area contributed by atoms with Gasteiger partial charge in [0.05, 0.1) is 5.92 Å². The summed E-state index contributed by atoms with van der Waals surface area (Å²) in [7, 11) is 0. The van der Waals surface area contributed by atoms with Gasteiger partial charge in [-0.1, -0.05) is 23.7 Å². The molecule has 1 saturated heterocycles. The third kappa shape index (κ3) is 3.54. The van der Waals surface area contributed by atoms with Crippen LogP contribution < -0.4 is 0 Å². The Hall–Kier alpha value is -1.92. The second-order valence-corrected chi connectivity index (χ2v) is 6.77. The first-order valence-electron chi connectivity index (χ1n) is 7.28. The van der Waals surface area contributed by atoms with Gasteiger partial charge in [-0.05, 0) is 25.0 Å². The fraction of sp³-hybridized carbons (Fsp3) is 0.312. The van der Waals surface area contributed by atoms with Crippen molar-refractivity contribution in [1.82, 2.24) is 9.88 Å². The summed E-state index contributed by atoms with van der Waals surface area (Å²) in [5.41, 5.74) is 1.22. The number of rotatable bonds is 3. The molecule has 1 aromatic carbocycles. The summed E-state index contributed by atoms with van der Waals surface area (Å²) in [6.45, 7) is 0.824. The van der Waals surface area contributed by atoms with Crippen molar-refractivity contribution in [2.24, 2.45) is 5.92 Å². The number of aliphatic carboxylic acids is 1. The van der Waals surface area contributed by atoms with Crippen molar-refractivity contribution in [1.29, 1.82) is 0 Å². The Bertz CT molecular complexity index is 746. The molecule has 2 aromatic rings. The molecule has 0 aliphatic carbocycles. The zero-order valence-electron chi connectivity index (χ0n) is 12.2. The Balaban J connectivity index is 1.77. The molecule has 1 fully saturated rings. The van der Waals surface area contributed by atoms with Gasteiger partial charge >= 0.3 is 5.97 Å². The van der Waals surface area contributed by atoms with Crippen LogP contribution in [0.25, 0.3) is 10.6 Å². The highest BCUT2D eigenvalue weighted by Gasteiger charge is 2.29. The minimum atomic E-state index is -0.847. The number of carboxylic acids is 1. The molecular weight excluding hydrogens is 336 g/mol. The summed E-state index contributed by atoms with van der Waals surface area (Å²) in [5.74, 6) is -1.54. The zero-order chi connectivity index (χ0) is 16.4. The molecule has 7 heteroatoms. The van der Waals surface area contributed by atoms with E-state index in [4.69, 9.17) is 16.7 Å². The van der Waals surface area contributed by atoms with Crippen LogP contribution in [-0.4, -0.2) is 40.0 Å². The van der Waals surface area contributed by atoms with E-state index in [9.17, 15) is 9.59 Å². The van der Waals surface area contributed by atoms with Gasteiger partial charge in [-0.15, -0.1) is 11.3 Å². The molecule has 1 aliphatic heterocycles. The first-order valence-corrected chi connectivity index (χ1v) is 8.54. The number of thiazole rings is 1. The quantitative estimate of drug-likeness (QED) is 0.921. The van der Waals surface area contributed by atoms with Crippen molar-refractivity contribution < 1.29 is 14.7 Å². The SMILES string of the molecule is O=C(O)[C@H]1CCCN(C(=O)c2csc(-c3cccc(Cl)c3)n2)C1. The maximum Gasteiger partial charge on any atom is 0.308 e. The Kier molecular flexibility index (Phi) is 4.63. The van der Waals surface area contributed by atoms with E-state index in [1.54, 1.807) is 22.4 Å². The molecule has 2 heterocycles. The molecule has 120 valence electrons. The largest absolute Gasteiger partial charge is 0.481 e. The van der Waals surface area contributed by atoms with Crippen molar-refractivity contribution in [2.45, 2.75) is 12.8 Å². The smallest absolute Gasteiger partial charge is 0.308 e. The predicted molar refractivity (Wildman–Crippen MR) is 88.8 cm³/mol. The Labute approximate surface area is 142 Å². The van der Waals surface area contributed by atoms with E-state index in [1.165, 1.54) is 11.3 Å². The average molecular weight is 351 g/mol. The molecule has 1 aromatic heterocycles. The van der Waals surface area contributed by atoms with Gasteiger partial charge in [0.15, 0.2) is 0 Å². The lowest BCUT2D eigenvalue weighted by Crippen LogP contribution is -2.42. The summed E-state index contributed by atoms with van der Waals surface area (Å²) >= 11 is 7.35. The number of benzene rings is 1. The van der Waals surface area contributed by atoms with Crippen molar-refractivity contribution >= 4 is 34.8 Å². The lowest BCUT2D eigenvalue weighted by Gasteiger charge is -2.30. The number of piperidine rings is 1. The third-order valence-corrected chi connectivity index (χ3v) is 4.98. The highest BCUT2D eigenvalue weighted by molar-refractivity contribution is 7.13. The molecular formula is C16H15ClN2O3S. The predicted octanol–water partition coefficient (Wildman–Crippen LogP) is 3.40. The van der Waals surface area contributed by atoms with E-state index in [0.29, 0.717) is 30.1 Å². The average Bonchev–Trinajstić information content (AvgIpc) is 3.04. The van der Waals surface area contributed by atoms with Crippen LogP contribution in [0.15, 0.2) is 29.6 Å². The highest BCUT2D eigenvalue weighted by atomic mass is 35.5. The lowest BCUT2D eigenvalue weighted by atomic mass is 9.98. The number of aromatic nitrogens is 1. The number of likely N-dealkylation sites (tertiary alicyclic amines) is 1. The van der Waals surface area contributed by atoms with Crippen LogP contribution >= 0.6 is 22.9 Å². The Morgan fingerprint density at radius 3 is 2.96 bits per heavy atom. The van der Waals surface area contributed by atoms with Gasteiger partial charge in [-0.25, -0.2) is 4.98 Å². The number of hydrogen-bond donors (Lipinski definition) is 1. The number of halogens is 1. The Morgan fingerprint density at radius 2 is 2.22 bits per heavy atom. The molecule has 23 heavy (non-hydrogen) atoms. The molecule has 0 bridgehead atoms. The topological polar surface area (TPSA) is 70.5 Å². The van der Waals surface area contributed by atoms with Crippen LogP contribution in [0.4, 0.5) is 0 Å². The van der Waals surface area contributed by atoms with Crippen LogP contribution in [0.3, 0.4) is 0 Å². The standard InChI is InChI=1S/C16H15ClN2O3S/c17-12-5-1-3-10(7-12)14-18-13(9-23-14)15(20)19-6-2-4-11(8-19)16(21)22/h1,3,5,7,9,11H,2,4,6,8H2,(H,21,22)/t11-/m0/s1. The second-order valence-electron chi connectivity index (χ2n) is 5.48. The van der Waals surface area contributed by atoms with Crippen LogP contribution in [0.1, 0.15) is 23.3 Å². The van der Waals surface area contributed by atoms with E-state index in [0.717, 1.165) is 10.6 Å². The van der Waals surface area contributed by atoms with Crippen molar-refractivity contribution in [3.8, 4) is 10.6 Å². The third-order valence-electron chi connectivity index (χ3n) is 3.85. The van der Waals surface area contributed by atoms with Gasteiger partial charge in [0, 0.05) is 29.1 Å². The van der Waals surface area contributed by atoms with Crippen molar-refractivity contribution in [3.63, 3.8) is 0 Å². The summed E-state index contributed by atoms with van der Waals surface area (Å²) in [6, 6.07) is 7.31. The normalized spacial score (nSPS) is 18.0. The minimum Gasteiger partial charge on any atom is -0.481 e. The Morgan fingerprint density at radius 1 is 1.39 bits per heavy atom. The van der Waals surface area contributed by atoms with Gasteiger partial charge in [0.2, 0.25) is 0 Å². The van der Waals surface area contributed by atoms with Crippen LogP contribution in [-0.2, 0) is 4.79 Å². The molecule has 0 spiro atoms. The molecule has 1 amide bonds. The van der Waals surface area contributed by atoms with Crippen molar-refractivity contribution in [3.05, 3.63) is 40.4 Å². The number of amides is 1. The number of nitrogens with zero attached hydrogens (tertiary/aromatic N) is 2. The van der Waals surface area contributed by atoms with Gasteiger partial charge in [0.1, 0.15) is 10.7 Å². The van der Waals surface area contributed by atoms with E-state index in [-0.39, 0.29) is 12.5 Å². The fourth-order valence-corrected chi connectivity index (χ4v) is 3.63. The molecule has 5 nitrogen and oxygen atoms in total. The first-order chi connectivity index (χ1) is 11.0. The van der Waals surface area contributed by atoms with E-state index >= 15 is 0 Å². The number of carbonyl (C=O) groups is 2. The van der Waals surface area contributed by atoms with E-state index < -0.39 is 11.9 Å². The molecule has 0 unspecified atom stereocenters. The van der Waals surface area contributed by atoms with Gasteiger partial charge in [0.25, 0.3) is 5.91 Å². The molecule has 1 aliphatic rings. The lowest BCUT2D eigenvalue weighted by molar-refractivity contribution is -0.143. The van der Waals surface area contributed by atoms with Gasteiger partial charge in [-0.2, -0.15) is 0 Å². The molecule has 0 saturated carbocycles. The summed E-state index contributed by atoms with van der Waals surface area (Å²) in [6.07, 6.45) is 1.32. The van der Waals surface area contributed by atoms with Gasteiger partial charge in [-0.3, -0.25) is 9.59 Å². The van der Waals surface area contributed by atoms with Crippen molar-refractivity contribution in [2.75, 3.05) is 13.1 Å². The summed E-state index contributed by atoms with van der Waals surface area (Å²) in [5, 5.41) is 12.2. The zero-order valence-corrected chi connectivity index (χ0v) is 13.8. The summed E-state index contributed by atoms with van der Waals surface area (Å²) in [4.78, 5) is 29.6. The molecule has 1 atom stereocenters. The monoisotopic (exact) mass is 350 g/mol. The molecule has 3 rings (SSSR count). The molecule has 1 N–H and O–H groups in total. The van der Waals surface area contributed by atoms with Gasteiger partial charge < -0.3 is 10.0 Å². The molecule has 0 radical (unpaired) electrons. The number of hydrogen-bond acceptors (Lipinski definition) is 4. The van der Waals surface area contributed by atoms with E-state index in [1.807, 2.05) is 12.1 Å². The fourth-order valence-electron chi connectivity index (χ4n) is 2.65. The second kappa shape index (κ2) is 6.68. The van der Waals surface area contributed by atoms with E-state index in [2.05, 4.69) is 4.98 Å². The van der Waals surface area contributed by atoms with Crippen LogP contribution in [0.5, 0.6) is 0 Å². The van der Waals surface area contributed by atoms with Crippen LogP contribution in [0.2, 0.25) is 5.02 Å². The number of carboxylic acid groups (broad SMARTS) is 1. The summed E-state index contributed by atoms with van der Waals surface area (Å²) < 4.78 is 0.